The molecule has 1 aromatic heterocycles. The van der Waals surface area contributed by atoms with E-state index in [-0.39, 0.29) is 23.5 Å². The summed E-state index contributed by atoms with van der Waals surface area (Å²) in [5.74, 6) is -1.11. The number of amides is 1. The molecule has 1 aromatic rings. The summed E-state index contributed by atoms with van der Waals surface area (Å²) in [7, 11) is 0. The van der Waals surface area contributed by atoms with Gasteiger partial charge in [0, 0.05) is 25.4 Å². The standard InChI is InChI=1S/C16H22N2O4/c1-2-18-6-3-4-13(18)14(19)17-12-5-7-22-16(10-12)8-11(9-16)15(20)21/h3-4,6,11-12H,2,5,7-10H2,1H3,(H,17,19)(H,20,21). The third-order valence-electron chi connectivity index (χ3n) is 4.82. The number of carbonyl (C=O) groups is 2. The number of nitrogens with one attached hydrogen (secondary N) is 1. The number of aliphatic carboxylic acids is 1. The molecule has 1 aliphatic carbocycles. The fourth-order valence-corrected chi connectivity index (χ4v) is 3.60. The summed E-state index contributed by atoms with van der Waals surface area (Å²) in [5, 5.41) is 12.1. The maximum Gasteiger partial charge on any atom is 0.306 e. The van der Waals surface area contributed by atoms with Gasteiger partial charge in [0.15, 0.2) is 0 Å². The maximum atomic E-state index is 12.4. The molecule has 1 atom stereocenters. The van der Waals surface area contributed by atoms with Crippen molar-refractivity contribution >= 4 is 11.9 Å². The molecule has 22 heavy (non-hydrogen) atoms. The maximum absolute atomic E-state index is 12.4. The summed E-state index contributed by atoms with van der Waals surface area (Å²) in [5.41, 5.74) is 0.325. The lowest BCUT2D eigenvalue weighted by Crippen LogP contribution is -2.56. The second-order valence-corrected chi connectivity index (χ2v) is 6.32. The average Bonchev–Trinajstić information content (AvgIpc) is 2.93. The summed E-state index contributed by atoms with van der Waals surface area (Å²) in [4.78, 5) is 23.3. The van der Waals surface area contributed by atoms with E-state index in [2.05, 4.69) is 5.32 Å². The Morgan fingerprint density at radius 3 is 2.91 bits per heavy atom. The zero-order valence-electron chi connectivity index (χ0n) is 12.7. The highest BCUT2D eigenvalue weighted by Crippen LogP contribution is 2.46. The number of carbonyl (C=O) groups excluding carboxylic acids is 1. The highest BCUT2D eigenvalue weighted by molar-refractivity contribution is 5.93. The molecule has 1 saturated heterocycles. The number of rotatable bonds is 4. The van der Waals surface area contributed by atoms with Crippen molar-refractivity contribution < 1.29 is 19.4 Å². The van der Waals surface area contributed by atoms with Gasteiger partial charge in [-0.1, -0.05) is 0 Å². The van der Waals surface area contributed by atoms with Gasteiger partial charge in [-0.05, 0) is 44.7 Å². The smallest absolute Gasteiger partial charge is 0.306 e. The third kappa shape index (κ3) is 2.75. The van der Waals surface area contributed by atoms with E-state index >= 15 is 0 Å². The molecule has 2 heterocycles. The van der Waals surface area contributed by atoms with Crippen molar-refractivity contribution in [2.45, 2.75) is 50.8 Å². The molecule has 1 aliphatic heterocycles. The first-order chi connectivity index (χ1) is 10.5. The third-order valence-corrected chi connectivity index (χ3v) is 4.82. The molecule has 0 radical (unpaired) electrons. The minimum atomic E-state index is -0.749. The van der Waals surface area contributed by atoms with Crippen LogP contribution in [0.25, 0.3) is 0 Å². The number of ether oxygens (including phenoxy) is 1. The Bertz CT molecular complexity index is 574. The van der Waals surface area contributed by atoms with Crippen molar-refractivity contribution in [3.8, 4) is 0 Å². The van der Waals surface area contributed by atoms with Crippen LogP contribution in [-0.2, 0) is 16.1 Å². The molecule has 3 rings (SSSR count). The first-order valence-electron chi connectivity index (χ1n) is 7.86. The number of carboxylic acid groups (broad SMARTS) is 1. The molecule has 2 N–H and O–H groups in total. The van der Waals surface area contributed by atoms with E-state index in [4.69, 9.17) is 9.84 Å². The largest absolute Gasteiger partial charge is 0.481 e. The van der Waals surface area contributed by atoms with Gasteiger partial charge in [0.25, 0.3) is 5.91 Å². The van der Waals surface area contributed by atoms with Crippen LogP contribution in [0.4, 0.5) is 0 Å². The Kier molecular flexibility index (Phi) is 3.95. The van der Waals surface area contributed by atoms with E-state index < -0.39 is 5.97 Å². The van der Waals surface area contributed by atoms with Crippen LogP contribution >= 0.6 is 0 Å². The van der Waals surface area contributed by atoms with E-state index in [0.29, 0.717) is 31.6 Å². The predicted octanol–water partition coefficient (Wildman–Crippen LogP) is 1.65. The molecule has 1 spiro atoms. The van der Waals surface area contributed by atoms with Crippen LogP contribution in [0.15, 0.2) is 18.3 Å². The zero-order valence-corrected chi connectivity index (χ0v) is 12.7. The minimum Gasteiger partial charge on any atom is -0.481 e. The van der Waals surface area contributed by atoms with E-state index in [9.17, 15) is 9.59 Å². The molecule has 6 nitrogen and oxygen atoms in total. The molecular formula is C16H22N2O4. The van der Waals surface area contributed by atoms with Gasteiger partial charge in [-0.15, -0.1) is 0 Å². The number of hydrogen-bond donors (Lipinski definition) is 2. The summed E-state index contributed by atoms with van der Waals surface area (Å²) < 4.78 is 7.72. The summed E-state index contributed by atoms with van der Waals surface area (Å²) in [6.07, 6.45) is 4.48. The summed E-state index contributed by atoms with van der Waals surface area (Å²) >= 11 is 0. The number of aryl methyl sites for hydroxylation is 1. The Balaban J connectivity index is 1.59. The van der Waals surface area contributed by atoms with Crippen molar-refractivity contribution in [2.75, 3.05) is 6.61 Å². The molecule has 2 aliphatic rings. The van der Waals surface area contributed by atoms with Crippen LogP contribution in [0.3, 0.4) is 0 Å². The number of hydrogen-bond acceptors (Lipinski definition) is 3. The van der Waals surface area contributed by atoms with Gasteiger partial charge in [-0.3, -0.25) is 9.59 Å². The van der Waals surface area contributed by atoms with Crippen LogP contribution in [0, 0.1) is 5.92 Å². The van der Waals surface area contributed by atoms with E-state index in [1.165, 1.54) is 0 Å². The quantitative estimate of drug-likeness (QED) is 0.886. The van der Waals surface area contributed by atoms with Crippen molar-refractivity contribution in [1.82, 2.24) is 9.88 Å². The van der Waals surface area contributed by atoms with Gasteiger partial charge in [-0.2, -0.15) is 0 Å². The van der Waals surface area contributed by atoms with Crippen LogP contribution in [-0.4, -0.2) is 39.8 Å². The molecule has 1 amide bonds. The van der Waals surface area contributed by atoms with Crippen LogP contribution in [0.1, 0.15) is 43.1 Å². The molecule has 1 unspecified atom stereocenters. The lowest BCUT2D eigenvalue weighted by atomic mass is 9.66. The second-order valence-electron chi connectivity index (χ2n) is 6.32. The summed E-state index contributed by atoms with van der Waals surface area (Å²) in [6, 6.07) is 3.74. The molecule has 0 bridgehead atoms. The van der Waals surface area contributed by atoms with Gasteiger partial charge < -0.3 is 19.7 Å². The van der Waals surface area contributed by atoms with Gasteiger partial charge in [0.05, 0.1) is 11.5 Å². The minimum absolute atomic E-state index is 0.0520. The first kappa shape index (κ1) is 15.1. The van der Waals surface area contributed by atoms with E-state index in [1.807, 2.05) is 29.8 Å². The molecular weight excluding hydrogens is 284 g/mol. The monoisotopic (exact) mass is 306 g/mol. The Morgan fingerprint density at radius 2 is 2.23 bits per heavy atom. The molecule has 0 aromatic carbocycles. The summed E-state index contributed by atoms with van der Waals surface area (Å²) in [6.45, 7) is 3.33. The molecule has 1 saturated carbocycles. The van der Waals surface area contributed by atoms with Crippen molar-refractivity contribution in [3.63, 3.8) is 0 Å². The highest BCUT2D eigenvalue weighted by Gasteiger charge is 2.51. The van der Waals surface area contributed by atoms with Crippen molar-refractivity contribution in [2.24, 2.45) is 5.92 Å². The molecule has 6 heteroatoms. The predicted molar refractivity (Wildman–Crippen MR) is 79.6 cm³/mol. The Labute approximate surface area is 129 Å². The van der Waals surface area contributed by atoms with Crippen molar-refractivity contribution in [1.29, 1.82) is 0 Å². The first-order valence-corrected chi connectivity index (χ1v) is 7.86. The zero-order chi connectivity index (χ0) is 15.7. The topological polar surface area (TPSA) is 80.6 Å². The van der Waals surface area contributed by atoms with Crippen molar-refractivity contribution in [3.05, 3.63) is 24.0 Å². The van der Waals surface area contributed by atoms with Gasteiger partial charge in [0.2, 0.25) is 0 Å². The molecule has 2 fully saturated rings. The number of nitrogens with zero attached hydrogens (tertiary/aromatic N) is 1. The lowest BCUT2D eigenvalue weighted by molar-refractivity contribution is -0.181. The fourth-order valence-electron chi connectivity index (χ4n) is 3.60. The van der Waals surface area contributed by atoms with E-state index in [1.54, 1.807) is 0 Å². The number of aromatic nitrogens is 1. The average molecular weight is 306 g/mol. The lowest BCUT2D eigenvalue weighted by Gasteiger charge is -2.50. The molecule has 120 valence electrons. The Morgan fingerprint density at radius 1 is 1.45 bits per heavy atom. The van der Waals surface area contributed by atoms with Gasteiger partial charge in [-0.25, -0.2) is 0 Å². The van der Waals surface area contributed by atoms with Crippen LogP contribution < -0.4 is 5.32 Å². The fraction of sp³-hybridized carbons (Fsp3) is 0.625. The Hall–Kier alpha value is -1.82. The van der Waals surface area contributed by atoms with Gasteiger partial charge >= 0.3 is 5.97 Å². The van der Waals surface area contributed by atoms with Crippen LogP contribution in [0.2, 0.25) is 0 Å². The highest BCUT2D eigenvalue weighted by atomic mass is 16.5. The SMILES string of the molecule is CCn1cccc1C(=O)NC1CCOC2(C1)CC(C(=O)O)C2. The van der Waals surface area contributed by atoms with E-state index in [0.717, 1.165) is 13.0 Å². The normalized spacial score (nSPS) is 30.8. The van der Waals surface area contributed by atoms with Crippen LogP contribution in [0.5, 0.6) is 0 Å². The number of carboxylic acids is 1. The van der Waals surface area contributed by atoms with Gasteiger partial charge in [0.1, 0.15) is 5.69 Å². The second kappa shape index (κ2) is 5.76.